The molecule has 0 saturated heterocycles. The Hall–Kier alpha value is 0. The Morgan fingerprint density at radius 1 is 0.417 bits per heavy atom. The van der Waals surface area contributed by atoms with E-state index >= 15 is 0 Å². The normalized spacial score (nSPS) is 6.88. The second-order valence-electron chi connectivity index (χ2n) is 3.34. The lowest BCUT2D eigenvalue weighted by Crippen LogP contribution is -2.00. The highest BCUT2D eigenvalue weighted by atomic mass is 14.1. The summed E-state index contributed by atoms with van der Waals surface area (Å²) < 4.78 is 0. The van der Waals surface area contributed by atoms with Gasteiger partial charge in [0.1, 0.15) is 0 Å². The minimum absolute atomic E-state index is 0.866. The molecule has 0 fully saturated rings. The first-order chi connectivity index (χ1) is 11.6. The van der Waals surface area contributed by atoms with Gasteiger partial charge in [-0.25, -0.2) is 0 Å². The minimum Gasteiger partial charge on any atom is -0.0683 e. The monoisotopic (exact) mass is 355 g/mol. The van der Waals surface area contributed by atoms with Gasteiger partial charge in [-0.05, 0) is 11.8 Å². The van der Waals surface area contributed by atoms with Gasteiger partial charge in [0.05, 0.1) is 0 Å². The minimum atomic E-state index is 0.866. The molecule has 0 rings (SSSR count). The summed E-state index contributed by atoms with van der Waals surface area (Å²) in [4.78, 5) is 0. The number of rotatable bonds is 2. The molecule has 0 spiro atoms. The smallest absolute Gasteiger partial charge is 0.0422 e. The maximum absolute atomic E-state index is 2.30. The SMILES string of the molecule is CC.CC.CC.CC.CC.CC.CC.CCC.CCC(C)C(C)C. The molecule has 0 aromatic carbocycles. The molecule has 0 aromatic heterocycles. The van der Waals surface area contributed by atoms with E-state index in [0.717, 1.165) is 11.8 Å². The average Bonchev–Trinajstić information content (AvgIpc) is 2.72. The van der Waals surface area contributed by atoms with Gasteiger partial charge in [0.2, 0.25) is 0 Å². The van der Waals surface area contributed by atoms with Gasteiger partial charge in [0, 0.05) is 0 Å². The van der Waals surface area contributed by atoms with Crippen LogP contribution in [-0.4, -0.2) is 0 Å². The first kappa shape index (κ1) is 56.4. The first-order valence-electron chi connectivity index (χ1n) is 11.6. The predicted octanol–water partition coefficient (Wildman–Crippen LogP) is 11.3. The maximum atomic E-state index is 2.30. The van der Waals surface area contributed by atoms with E-state index in [1.54, 1.807) is 0 Å². The Morgan fingerprint density at radius 2 is 0.542 bits per heavy atom. The van der Waals surface area contributed by atoms with E-state index in [9.17, 15) is 0 Å². The van der Waals surface area contributed by atoms with E-state index in [4.69, 9.17) is 0 Å². The van der Waals surface area contributed by atoms with Crippen LogP contribution in [0.2, 0.25) is 0 Å². The standard InChI is InChI=1S/C7H16.C3H8.7C2H6/c1-5-7(4)6(2)3;1-3-2;7*1-2/h6-7H,5H2,1-4H3;3H2,1-2H3;7*1-2H3. The van der Waals surface area contributed by atoms with Crippen molar-refractivity contribution in [2.45, 2.75) is 151 Å². The quantitative estimate of drug-likeness (QED) is 0.462. The molecule has 0 nitrogen and oxygen atoms in total. The lowest BCUT2D eigenvalue weighted by molar-refractivity contribution is 0.407. The average molecular weight is 355 g/mol. The topological polar surface area (TPSA) is 0 Å². The lowest BCUT2D eigenvalue weighted by Gasteiger charge is -2.10. The van der Waals surface area contributed by atoms with Crippen LogP contribution >= 0.6 is 0 Å². The summed E-state index contributed by atoms with van der Waals surface area (Å²) in [5, 5.41) is 0. The molecular formula is C24H66. The maximum Gasteiger partial charge on any atom is -0.0422 e. The Bertz CT molecular complexity index is 46.0. The summed E-state index contributed by atoms with van der Waals surface area (Å²) in [7, 11) is 0. The zero-order valence-electron chi connectivity index (χ0n) is 22.6. The van der Waals surface area contributed by atoms with E-state index in [1.165, 1.54) is 12.8 Å². The molecule has 0 bridgehead atoms. The van der Waals surface area contributed by atoms with Crippen LogP contribution < -0.4 is 0 Å². The third-order valence-corrected chi connectivity index (χ3v) is 1.78. The molecule has 162 valence electrons. The fourth-order valence-electron chi connectivity index (χ4n) is 0.471. The third kappa shape index (κ3) is 270. The summed E-state index contributed by atoms with van der Waals surface area (Å²) in [6.07, 6.45) is 2.57. The van der Waals surface area contributed by atoms with Crippen molar-refractivity contribution in [3.05, 3.63) is 0 Å². The molecule has 0 aliphatic heterocycles. The molecule has 1 atom stereocenters. The van der Waals surface area contributed by atoms with E-state index < -0.39 is 0 Å². The van der Waals surface area contributed by atoms with Crippen molar-refractivity contribution in [1.29, 1.82) is 0 Å². The van der Waals surface area contributed by atoms with Crippen LogP contribution in [0.4, 0.5) is 0 Å². The predicted molar refractivity (Wildman–Crippen MR) is 130 cm³/mol. The highest BCUT2D eigenvalue weighted by Gasteiger charge is 2.01. The van der Waals surface area contributed by atoms with Crippen molar-refractivity contribution in [3.8, 4) is 0 Å². The van der Waals surface area contributed by atoms with Gasteiger partial charge in [-0.2, -0.15) is 0 Å². The van der Waals surface area contributed by atoms with Crippen molar-refractivity contribution in [3.63, 3.8) is 0 Å². The van der Waals surface area contributed by atoms with Crippen LogP contribution in [0.1, 0.15) is 151 Å². The first-order valence-corrected chi connectivity index (χ1v) is 11.6. The molecule has 0 N–H and O–H groups in total. The Kier molecular flexibility index (Phi) is 409. The Morgan fingerprint density at radius 3 is 0.542 bits per heavy atom. The molecule has 0 aromatic rings. The van der Waals surface area contributed by atoms with Crippen molar-refractivity contribution < 1.29 is 0 Å². The highest BCUT2D eigenvalue weighted by molar-refractivity contribution is 4.52. The highest BCUT2D eigenvalue weighted by Crippen LogP contribution is 2.11. The van der Waals surface area contributed by atoms with E-state index in [1.807, 2.05) is 96.9 Å². The molecule has 0 heteroatoms. The summed E-state index contributed by atoms with van der Waals surface area (Å²) in [5.41, 5.74) is 0. The Balaban J connectivity index is -0.0000000164. The van der Waals surface area contributed by atoms with Crippen LogP contribution in [-0.2, 0) is 0 Å². The second kappa shape index (κ2) is 174. The number of hydrogen-bond acceptors (Lipinski definition) is 0. The van der Waals surface area contributed by atoms with E-state index in [2.05, 4.69) is 41.5 Å². The molecular weight excluding hydrogens is 288 g/mol. The van der Waals surface area contributed by atoms with Gasteiger partial charge in [0.15, 0.2) is 0 Å². The fourth-order valence-corrected chi connectivity index (χ4v) is 0.471. The van der Waals surface area contributed by atoms with E-state index in [0.29, 0.717) is 0 Å². The number of hydrogen-bond donors (Lipinski definition) is 0. The fraction of sp³-hybridized carbons (Fsp3) is 1.00. The molecule has 24 heavy (non-hydrogen) atoms. The molecule has 0 aliphatic rings. The van der Waals surface area contributed by atoms with Crippen LogP contribution in [0.3, 0.4) is 0 Å². The van der Waals surface area contributed by atoms with Crippen LogP contribution in [0.5, 0.6) is 0 Å². The van der Waals surface area contributed by atoms with Crippen LogP contribution in [0, 0.1) is 11.8 Å². The van der Waals surface area contributed by atoms with Crippen molar-refractivity contribution in [1.82, 2.24) is 0 Å². The zero-order valence-corrected chi connectivity index (χ0v) is 22.6. The molecule has 0 heterocycles. The van der Waals surface area contributed by atoms with Crippen LogP contribution in [0.15, 0.2) is 0 Å². The largest absolute Gasteiger partial charge is 0.0683 e. The van der Waals surface area contributed by atoms with Crippen molar-refractivity contribution >= 4 is 0 Å². The molecule has 1 unspecified atom stereocenters. The van der Waals surface area contributed by atoms with E-state index in [-0.39, 0.29) is 0 Å². The van der Waals surface area contributed by atoms with Gasteiger partial charge in [-0.3, -0.25) is 0 Å². The van der Waals surface area contributed by atoms with Crippen molar-refractivity contribution in [2.75, 3.05) is 0 Å². The summed E-state index contributed by atoms with van der Waals surface area (Å²) >= 11 is 0. The van der Waals surface area contributed by atoms with Gasteiger partial charge < -0.3 is 0 Å². The summed E-state index contributed by atoms with van der Waals surface area (Å²) in [6, 6.07) is 0. The third-order valence-electron chi connectivity index (χ3n) is 1.78. The second-order valence-corrected chi connectivity index (χ2v) is 3.34. The molecule has 0 amide bonds. The molecule has 0 saturated carbocycles. The van der Waals surface area contributed by atoms with Gasteiger partial charge in [0.25, 0.3) is 0 Å². The van der Waals surface area contributed by atoms with Crippen LogP contribution in [0.25, 0.3) is 0 Å². The summed E-state index contributed by atoms with van der Waals surface area (Å²) in [5.74, 6) is 1.77. The van der Waals surface area contributed by atoms with Gasteiger partial charge >= 0.3 is 0 Å². The zero-order chi connectivity index (χ0) is 22.6. The molecule has 0 radical (unpaired) electrons. The molecule has 0 aliphatic carbocycles. The summed E-state index contributed by atoms with van der Waals surface area (Å²) in [6.45, 7) is 41.3. The van der Waals surface area contributed by atoms with Crippen molar-refractivity contribution in [2.24, 2.45) is 11.8 Å². The van der Waals surface area contributed by atoms with Gasteiger partial charge in [-0.1, -0.05) is 151 Å². The Labute approximate surface area is 163 Å². The van der Waals surface area contributed by atoms with Gasteiger partial charge in [-0.15, -0.1) is 0 Å². The lowest BCUT2D eigenvalue weighted by atomic mass is 9.96.